The van der Waals surface area contributed by atoms with E-state index in [9.17, 15) is 13.2 Å². The van der Waals surface area contributed by atoms with Crippen LogP contribution in [0.5, 0.6) is 5.75 Å². The number of rotatable bonds is 8. The lowest BCUT2D eigenvalue weighted by atomic mass is 9.77. The summed E-state index contributed by atoms with van der Waals surface area (Å²) in [6, 6.07) is 7.10. The van der Waals surface area contributed by atoms with Crippen LogP contribution in [0.15, 0.2) is 18.2 Å². The highest BCUT2D eigenvalue weighted by Gasteiger charge is 2.24. The fourth-order valence-electron chi connectivity index (χ4n) is 5.02. The molecule has 1 nitrogen and oxygen atoms in total. The van der Waals surface area contributed by atoms with E-state index in [1.807, 2.05) is 0 Å². The van der Waals surface area contributed by atoms with Gasteiger partial charge in [-0.25, -0.2) is 4.39 Å². The quantitative estimate of drug-likeness (QED) is 0.233. The molecule has 1 aromatic carbocycles. The molecule has 1 aromatic rings. The largest absolute Gasteiger partial charge is 0.432 e. The van der Waals surface area contributed by atoms with Gasteiger partial charge in [0.25, 0.3) is 0 Å². The van der Waals surface area contributed by atoms with Crippen LogP contribution in [0.1, 0.15) is 75.7 Å². The second-order valence-electron chi connectivity index (χ2n) is 8.69. The first-order valence-electron chi connectivity index (χ1n) is 10.9. The van der Waals surface area contributed by atoms with Crippen LogP contribution in [-0.2, 0) is 0 Å². The summed E-state index contributed by atoms with van der Waals surface area (Å²) < 4.78 is 42.7. The van der Waals surface area contributed by atoms with Gasteiger partial charge in [-0.3, -0.25) is 0 Å². The highest BCUT2D eigenvalue weighted by Crippen LogP contribution is 2.39. The number of hydrogen-bond acceptors (Lipinski definition) is 1. The van der Waals surface area contributed by atoms with Gasteiger partial charge in [-0.2, -0.15) is 19.9 Å². The van der Waals surface area contributed by atoms with Gasteiger partial charge in [0.05, 0.1) is 0 Å². The maximum atomic E-state index is 14.0. The third-order valence-electron chi connectivity index (χ3n) is 6.74. The van der Waals surface area contributed by atoms with Crippen LogP contribution in [0.2, 0.25) is 12.1 Å². The molecular weight excluding hydrogens is 401 g/mol. The standard InChI is InChI=1S/C22H32ClF3OSi/c23-28-13-11-17(12-14-28)4-2-1-3-16-5-7-18(8-6-16)19-9-10-21(20(24)15-19)27-22(25)26/h9-10,15-18,22,28H,1-8,11-14H2. The third-order valence-corrected chi connectivity index (χ3v) is 9.97. The molecule has 1 saturated heterocycles. The van der Waals surface area contributed by atoms with Gasteiger partial charge >= 0.3 is 6.61 Å². The minimum absolute atomic E-state index is 0.334. The Morgan fingerprint density at radius 2 is 1.57 bits per heavy atom. The Morgan fingerprint density at radius 1 is 0.964 bits per heavy atom. The molecule has 0 unspecified atom stereocenters. The van der Waals surface area contributed by atoms with Crippen LogP contribution in [-0.4, -0.2) is 14.7 Å². The molecule has 6 heteroatoms. The molecule has 0 N–H and O–H groups in total. The number of alkyl halides is 2. The smallest absolute Gasteiger partial charge is 0.387 e. The van der Waals surface area contributed by atoms with Gasteiger partial charge in [0, 0.05) is 0 Å². The molecule has 2 fully saturated rings. The average Bonchev–Trinajstić information content (AvgIpc) is 2.68. The van der Waals surface area contributed by atoms with E-state index in [4.69, 9.17) is 11.1 Å². The van der Waals surface area contributed by atoms with Crippen molar-refractivity contribution in [2.45, 2.75) is 88.8 Å². The minimum atomic E-state index is -2.99. The van der Waals surface area contributed by atoms with E-state index in [-0.39, 0.29) is 5.75 Å². The monoisotopic (exact) mass is 432 g/mol. The van der Waals surface area contributed by atoms with Gasteiger partial charge in [0.1, 0.15) is 8.11 Å². The number of hydrogen-bond donors (Lipinski definition) is 0. The summed E-state index contributed by atoms with van der Waals surface area (Å²) in [5.74, 6) is 0.986. The van der Waals surface area contributed by atoms with Crippen molar-refractivity contribution in [2.75, 3.05) is 0 Å². The zero-order valence-electron chi connectivity index (χ0n) is 16.5. The van der Waals surface area contributed by atoms with Gasteiger partial charge in [-0.05, 0) is 73.2 Å². The number of unbranched alkanes of at least 4 members (excludes halogenated alkanes) is 1. The van der Waals surface area contributed by atoms with Crippen molar-refractivity contribution in [1.82, 2.24) is 0 Å². The predicted molar refractivity (Wildman–Crippen MR) is 112 cm³/mol. The van der Waals surface area contributed by atoms with Gasteiger partial charge in [0.2, 0.25) is 0 Å². The summed E-state index contributed by atoms with van der Waals surface area (Å²) in [6.07, 6.45) is 12.6. The Balaban J connectivity index is 1.35. The summed E-state index contributed by atoms with van der Waals surface area (Å²) in [6.45, 7) is -2.99. The topological polar surface area (TPSA) is 9.23 Å². The molecule has 2 aliphatic rings. The molecule has 0 aromatic heterocycles. The second-order valence-corrected chi connectivity index (χ2v) is 12.9. The Labute approximate surface area is 173 Å². The van der Waals surface area contributed by atoms with Crippen molar-refractivity contribution in [3.05, 3.63) is 29.6 Å². The van der Waals surface area contributed by atoms with Gasteiger partial charge in [-0.15, -0.1) is 0 Å². The van der Waals surface area contributed by atoms with Crippen LogP contribution in [0.25, 0.3) is 0 Å². The fourth-order valence-corrected chi connectivity index (χ4v) is 7.73. The molecule has 0 spiro atoms. The van der Waals surface area contributed by atoms with E-state index in [1.165, 1.54) is 75.6 Å². The molecule has 0 amide bonds. The Bertz CT molecular complexity index is 599. The summed E-state index contributed by atoms with van der Waals surface area (Å²) in [7, 11) is -0.834. The Hall–Kier alpha value is -0.683. The third kappa shape index (κ3) is 6.69. The van der Waals surface area contributed by atoms with Crippen LogP contribution >= 0.6 is 11.1 Å². The van der Waals surface area contributed by atoms with Crippen molar-refractivity contribution in [3.63, 3.8) is 0 Å². The van der Waals surface area contributed by atoms with E-state index >= 15 is 0 Å². The first-order valence-corrected chi connectivity index (χ1v) is 14.3. The van der Waals surface area contributed by atoms with E-state index in [2.05, 4.69) is 4.74 Å². The number of ether oxygens (including phenoxy) is 1. The minimum Gasteiger partial charge on any atom is -0.432 e. The Morgan fingerprint density at radius 3 is 2.14 bits per heavy atom. The van der Waals surface area contributed by atoms with Crippen LogP contribution in [0, 0.1) is 17.7 Å². The van der Waals surface area contributed by atoms with Gasteiger partial charge in [0.15, 0.2) is 11.6 Å². The molecule has 3 rings (SSSR count). The SMILES string of the molecule is Fc1cc(C2CCC(CCCCC3CC[SiH](Cl)CC3)CC2)ccc1OC(F)F. The van der Waals surface area contributed by atoms with Gasteiger partial charge in [-0.1, -0.05) is 44.6 Å². The second kappa shape index (κ2) is 10.9. The molecule has 0 radical (unpaired) electrons. The summed E-state index contributed by atoms with van der Waals surface area (Å²) in [5.41, 5.74) is 0.913. The predicted octanol–water partition coefficient (Wildman–Crippen LogP) is 7.63. The van der Waals surface area contributed by atoms with Crippen molar-refractivity contribution in [2.24, 2.45) is 11.8 Å². The average molecular weight is 433 g/mol. The van der Waals surface area contributed by atoms with E-state index in [0.29, 0.717) is 5.92 Å². The Kier molecular flexibility index (Phi) is 8.58. The lowest BCUT2D eigenvalue weighted by Gasteiger charge is -2.29. The maximum Gasteiger partial charge on any atom is 0.387 e. The normalized spacial score (nSPS) is 28.5. The highest BCUT2D eigenvalue weighted by atomic mass is 35.6. The van der Waals surface area contributed by atoms with Crippen LogP contribution < -0.4 is 4.74 Å². The summed E-state index contributed by atoms with van der Waals surface area (Å²) >= 11 is 6.32. The molecule has 0 bridgehead atoms. The van der Waals surface area contributed by atoms with Gasteiger partial charge < -0.3 is 4.74 Å². The zero-order valence-corrected chi connectivity index (χ0v) is 18.4. The molecule has 0 atom stereocenters. The molecule has 1 aliphatic heterocycles. The zero-order chi connectivity index (χ0) is 19.9. The molecule has 1 saturated carbocycles. The first kappa shape index (κ1) is 22.0. The van der Waals surface area contributed by atoms with Crippen LogP contribution in [0.4, 0.5) is 13.2 Å². The van der Waals surface area contributed by atoms with E-state index in [1.54, 1.807) is 6.07 Å². The molecule has 1 heterocycles. The fraction of sp³-hybridized carbons (Fsp3) is 0.727. The number of halogens is 4. The lowest BCUT2D eigenvalue weighted by Crippen LogP contribution is -2.16. The molecule has 28 heavy (non-hydrogen) atoms. The highest BCUT2D eigenvalue weighted by molar-refractivity contribution is 7.07. The molecule has 1 aliphatic carbocycles. The lowest BCUT2D eigenvalue weighted by molar-refractivity contribution is -0.0522. The van der Waals surface area contributed by atoms with Crippen molar-refractivity contribution in [3.8, 4) is 5.75 Å². The number of benzene rings is 1. The van der Waals surface area contributed by atoms with Crippen molar-refractivity contribution in [1.29, 1.82) is 0 Å². The van der Waals surface area contributed by atoms with E-state index in [0.717, 1.165) is 30.2 Å². The van der Waals surface area contributed by atoms with Crippen molar-refractivity contribution >= 4 is 19.2 Å². The van der Waals surface area contributed by atoms with Crippen molar-refractivity contribution < 1.29 is 17.9 Å². The van der Waals surface area contributed by atoms with Crippen LogP contribution in [0.3, 0.4) is 0 Å². The summed E-state index contributed by atoms with van der Waals surface area (Å²) in [5, 5.41) is 0. The maximum absolute atomic E-state index is 14.0. The molecule has 158 valence electrons. The summed E-state index contributed by atoms with van der Waals surface area (Å²) in [4.78, 5) is 0. The first-order chi connectivity index (χ1) is 13.5. The molecular formula is C22H32ClF3OSi. The van der Waals surface area contributed by atoms with E-state index < -0.39 is 20.5 Å².